The molecular formula is C7H9N5S. The van der Waals surface area contributed by atoms with Gasteiger partial charge in [0, 0.05) is 11.3 Å². The first-order valence-electron chi connectivity index (χ1n) is 4.03. The highest BCUT2D eigenvalue weighted by Gasteiger charge is 2.06. The summed E-state index contributed by atoms with van der Waals surface area (Å²) in [5, 5.41) is 10.1. The van der Waals surface area contributed by atoms with Gasteiger partial charge in [-0.25, -0.2) is 4.98 Å². The van der Waals surface area contributed by atoms with Gasteiger partial charge in [-0.2, -0.15) is 9.73 Å². The van der Waals surface area contributed by atoms with Crippen molar-refractivity contribution in [3.63, 3.8) is 0 Å². The number of H-pyrrole nitrogens is 1. The molecule has 1 N–H and O–H groups in total. The molecule has 0 aromatic carbocycles. The maximum atomic E-state index is 5.25. The fourth-order valence-corrected chi connectivity index (χ4v) is 1.74. The van der Waals surface area contributed by atoms with Gasteiger partial charge in [0.15, 0.2) is 0 Å². The molecule has 0 aliphatic carbocycles. The van der Waals surface area contributed by atoms with Crippen LogP contribution in [0.3, 0.4) is 0 Å². The molecule has 0 unspecified atom stereocenters. The molecule has 0 saturated carbocycles. The Morgan fingerprint density at radius 2 is 2.31 bits per heavy atom. The molecule has 0 spiro atoms. The van der Waals surface area contributed by atoms with Crippen molar-refractivity contribution in [2.75, 3.05) is 0 Å². The fraction of sp³-hybridized carbons (Fsp3) is 0.429. The summed E-state index contributed by atoms with van der Waals surface area (Å²) in [5.41, 5.74) is 2.00. The maximum Gasteiger partial charge on any atom is 0.272 e. The van der Waals surface area contributed by atoms with Crippen LogP contribution >= 0.6 is 12.2 Å². The molecule has 0 aliphatic rings. The summed E-state index contributed by atoms with van der Waals surface area (Å²) < 4.78 is 2.33. The van der Waals surface area contributed by atoms with Gasteiger partial charge >= 0.3 is 0 Å². The number of nitrogens with zero attached hydrogens (tertiary/aromatic N) is 4. The van der Waals surface area contributed by atoms with Gasteiger partial charge in [0.05, 0.1) is 0 Å². The average molecular weight is 195 g/mol. The van der Waals surface area contributed by atoms with Gasteiger partial charge in [-0.1, -0.05) is 24.2 Å². The van der Waals surface area contributed by atoms with Crippen LogP contribution in [0.5, 0.6) is 0 Å². The number of nitrogens with one attached hydrogen (secondary N) is 1. The van der Waals surface area contributed by atoms with E-state index in [0.717, 1.165) is 22.3 Å². The molecule has 0 fully saturated rings. The molecular weight excluding hydrogens is 186 g/mol. The molecule has 6 heteroatoms. The zero-order valence-corrected chi connectivity index (χ0v) is 8.22. The van der Waals surface area contributed by atoms with Crippen molar-refractivity contribution < 1.29 is 0 Å². The van der Waals surface area contributed by atoms with Gasteiger partial charge in [0.1, 0.15) is 4.64 Å². The number of aromatic nitrogens is 5. The lowest BCUT2D eigenvalue weighted by molar-refractivity contribution is 0.800. The number of aryl methyl sites for hydroxylation is 1. The normalized spacial score (nSPS) is 10.9. The molecule has 2 aromatic heterocycles. The van der Waals surface area contributed by atoms with E-state index in [1.54, 1.807) is 4.52 Å². The van der Waals surface area contributed by atoms with Gasteiger partial charge in [0.25, 0.3) is 5.78 Å². The van der Waals surface area contributed by atoms with E-state index in [0.29, 0.717) is 5.78 Å². The van der Waals surface area contributed by atoms with E-state index >= 15 is 0 Å². The van der Waals surface area contributed by atoms with Gasteiger partial charge < -0.3 is 0 Å². The van der Waals surface area contributed by atoms with E-state index in [2.05, 4.69) is 27.4 Å². The van der Waals surface area contributed by atoms with Crippen molar-refractivity contribution in [2.24, 2.45) is 0 Å². The number of tetrazole rings is 1. The van der Waals surface area contributed by atoms with Crippen LogP contribution in [0.1, 0.15) is 18.2 Å². The largest absolute Gasteiger partial charge is 0.272 e. The summed E-state index contributed by atoms with van der Waals surface area (Å²) in [6.45, 7) is 3.99. The predicted octanol–water partition coefficient (Wildman–Crippen LogP) is 1.05. The number of hydrogen-bond acceptors (Lipinski definition) is 4. The van der Waals surface area contributed by atoms with Crippen molar-refractivity contribution in [1.29, 1.82) is 0 Å². The van der Waals surface area contributed by atoms with Gasteiger partial charge in [-0.15, -0.1) is 0 Å². The molecule has 0 radical (unpaired) electrons. The van der Waals surface area contributed by atoms with Crippen molar-refractivity contribution in [3.8, 4) is 0 Å². The first kappa shape index (κ1) is 8.31. The van der Waals surface area contributed by atoms with Crippen LogP contribution < -0.4 is 0 Å². The fourth-order valence-electron chi connectivity index (χ4n) is 1.32. The zero-order chi connectivity index (χ0) is 9.42. The summed E-state index contributed by atoms with van der Waals surface area (Å²) >= 11 is 5.25. The van der Waals surface area contributed by atoms with E-state index in [4.69, 9.17) is 12.2 Å². The Hall–Kier alpha value is -1.30. The highest BCUT2D eigenvalue weighted by molar-refractivity contribution is 7.71. The van der Waals surface area contributed by atoms with Crippen LogP contribution in [-0.4, -0.2) is 25.0 Å². The smallest absolute Gasteiger partial charge is 0.215 e. The quantitative estimate of drug-likeness (QED) is 0.691. The maximum absolute atomic E-state index is 5.25. The van der Waals surface area contributed by atoms with Crippen molar-refractivity contribution in [3.05, 3.63) is 15.9 Å². The predicted molar refractivity (Wildman–Crippen MR) is 50.1 cm³/mol. The van der Waals surface area contributed by atoms with Crippen molar-refractivity contribution >= 4 is 18.0 Å². The summed E-state index contributed by atoms with van der Waals surface area (Å²) in [5.74, 6) is 0.528. The molecule has 0 saturated heterocycles. The van der Waals surface area contributed by atoms with Gasteiger partial charge in [-0.3, -0.25) is 0 Å². The first-order chi connectivity index (χ1) is 6.24. The van der Waals surface area contributed by atoms with Gasteiger partial charge in [0.2, 0.25) is 0 Å². The Morgan fingerprint density at radius 1 is 1.54 bits per heavy atom. The summed E-state index contributed by atoms with van der Waals surface area (Å²) in [6.07, 6.45) is 0.875. The van der Waals surface area contributed by atoms with Gasteiger partial charge in [-0.05, 0) is 18.6 Å². The second kappa shape index (κ2) is 2.88. The summed E-state index contributed by atoms with van der Waals surface area (Å²) in [6, 6.07) is 0. The molecule has 2 aromatic rings. The minimum atomic E-state index is 0.528. The zero-order valence-electron chi connectivity index (χ0n) is 7.40. The minimum absolute atomic E-state index is 0.528. The molecule has 68 valence electrons. The molecule has 0 amide bonds. The lowest BCUT2D eigenvalue weighted by atomic mass is 10.2. The number of rotatable bonds is 1. The Bertz CT molecular complexity index is 497. The third-order valence-corrected chi connectivity index (χ3v) is 2.43. The number of aromatic amines is 1. The van der Waals surface area contributed by atoms with E-state index in [1.807, 2.05) is 6.92 Å². The van der Waals surface area contributed by atoms with E-state index in [1.165, 1.54) is 0 Å². The molecule has 2 rings (SSSR count). The monoisotopic (exact) mass is 195 g/mol. The minimum Gasteiger partial charge on any atom is -0.215 e. The molecule has 5 nitrogen and oxygen atoms in total. The molecule has 0 atom stereocenters. The number of fused-ring (bicyclic) bond motifs is 1. The highest BCUT2D eigenvalue weighted by Crippen LogP contribution is 2.08. The molecule has 0 aliphatic heterocycles. The molecule has 2 heterocycles. The third kappa shape index (κ3) is 1.14. The Balaban J connectivity index is 2.93. The van der Waals surface area contributed by atoms with E-state index < -0.39 is 0 Å². The highest BCUT2D eigenvalue weighted by atomic mass is 32.1. The summed E-state index contributed by atoms with van der Waals surface area (Å²) in [4.78, 5) is 4.26. The summed E-state index contributed by atoms with van der Waals surface area (Å²) in [7, 11) is 0. The Labute approximate surface area is 79.8 Å². The van der Waals surface area contributed by atoms with Crippen LogP contribution in [0.15, 0.2) is 0 Å². The second-order valence-corrected chi connectivity index (χ2v) is 3.16. The van der Waals surface area contributed by atoms with Crippen molar-refractivity contribution in [2.45, 2.75) is 20.3 Å². The van der Waals surface area contributed by atoms with Crippen LogP contribution in [0.2, 0.25) is 0 Å². The first-order valence-corrected chi connectivity index (χ1v) is 4.44. The van der Waals surface area contributed by atoms with Crippen LogP contribution in [0, 0.1) is 11.6 Å². The average Bonchev–Trinajstić information content (AvgIpc) is 2.53. The Morgan fingerprint density at radius 3 is 3.00 bits per heavy atom. The lowest BCUT2D eigenvalue weighted by Crippen LogP contribution is -2.01. The number of hydrogen-bond donors (Lipinski definition) is 1. The standard InChI is InChI=1S/C7H9N5S/c1-3-5-4(2)8-7-9-10-11-12(7)6(5)13/h3H2,1-2H3,(H,8,9,11). The van der Waals surface area contributed by atoms with Crippen LogP contribution in [0.4, 0.5) is 0 Å². The van der Waals surface area contributed by atoms with E-state index in [9.17, 15) is 0 Å². The second-order valence-electron chi connectivity index (χ2n) is 2.77. The van der Waals surface area contributed by atoms with Crippen molar-refractivity contribution in [1.82, 2.24) is 25.0 Å². The van der Waals surface area contributed by atoms with Crippen LogP contribution in [-0.2, 0) is 6.42 Å². The third-order valence-electron chi connectivity index (χ3n) is 2.00. The Kier molecular flexibility index (Phi) is 1.84. The molecule has 0 bridgehead atoms. The van der Waals surface area contributed by atoms with E-state index in [-0.39, 0.29) is 0 Å². The lowest BCUT2D eigenvalue weighted by Gasteiger charge is -2.01. The topological polar surface area (TPSA) is 58.9 Å². The van der Waals surface area contributed by atoms with Crippen LogP contribution in [0.25, 0.3) is 5.78 Å². The SMILES string of the molecule is CCc1c(C)nc2nn[nH]n2c1=S. The molecule has 13 heavy (non-hydrogen) atoms.